The lowest BCUT2D eigenvalue weighted by Crippen LogP contribution is -2.30. The zero-order valence-corrected chi connectivity index (χ0v) is 56.0. The van der Waals surface area contributed by atoms with Crippen LogP contribution < -0.4 is 0 Å². The lowest BCUT2D eigenvalue weighted by molar-refractivity contribution is -0.167. The van der Waals surface area contributed by atoms with Gasteiger partial charge >= 0.3 is 17.9 Å². The Morgan fingerprint density at radius 3 is 0.675 bits per heavy atom. The summed E-state index contributed by atoms with van der Waals surface area (Å²) in [5, 5.41) is 0. The van der Waals surface area contributed by atoms with Crippen LogP contribution in [-0.4, -0.2) is 37.2 Å². The summed E-state index contributed by atoms with van der Waals surface area (Å²) < 4.78 is 17.0. The van der Waals surface area contributed by atoms with Gasteiger partial charge in [-0.1, -0.05) is 352 Å². The molecule has 0 aromatic carbocycles. The Hall–Kier alpha value is -2.63. The highest BCUT2D eigenvalue weighted by atomic mass is 16.6. The Kier molecular flexibility index (Phi) is 69.6. The fourth-order valence-electron chi connectivity index (χ4n) is 11.2. The highest BCUT2D eigenvalue weighted by Crippen LogP contribution is 2.19. The van der Waals surface area contributed by atoms with Gasteiger partial charge in [-0.25, -0.2) is 0 Å². The van der Waals surface area contributed by atoms with Gasteiger partial charge < -0.3 is 14.2 Å². The van der Waals surface area contributed by atoms with E-state index >= 15 is 0 Å². The molecule has 0 N–H and O–H groups in total. The smallest absolute Gasteiger partial charge is 0.306 e. The molecule has 0 aliphatic rings. The van der Waals surface area contributed by atoms with E-state index in [1.54, 1.807) is 0 Å². The van der Waals surface area contributed by atoms with Gasteiger partial charge in [-0.3, -0.25) is 14.4 Å². The van der Waals surface area contributed by atoms with Crippen molar-refractivity contribution >= 4 is 17.9 Å². The van der Waals surface area contributed by atoms with Crippen LogP contribution in [0.1, 0.15) is 406 Å². The summed E-state index contributed by atoms with van der Waals surface area (Å²) in [6, 6.07) is 0. The molecular formula is C77H142O6. The monoisotopic (exact) mass is 1160 g/mol. The molecule has 0 heterocycles. The number of unbranched alkanes of at least 4 members (excludes halogenated alkanes) is 50. The Morgan fingerprint density at radius 2 is 0.434 bits per heavy atom. The highest BCUT2D eigenvalue weighted by Gasteiger charge is 2.19. The van der Waals surface area contributed by atoms with Crippen molar-refractivity contribution in [3.05, 3.63) is 48.6 Å². The summed E-state index contributed by atoms with van der Waals surface area (Å²) in [7, 11) is 0. The molecule has 486 valence electrons. The van der Waals surface area contributed by atoms with E-state index in [1.807, 2.05) is 0 Å². The van der Waals surface area contributed by atoms with E-state index in [2.05, 4.69) is 69.4 Å². The summed E-state index contributed by atoms with van der Waals surface area (Å²) in [6.45, 7) is 6.68. The van der Waals surface area contributed by atoms with Gasteiger partial charge in [0.25, 0.3) is 0 Å². The zero-order valence-electron chi connectivity index (χ0n) is 56.0. The Balaban J connectivity index is 4.28. The molecule has 0 rings (SSSR count). The maximum atomic E-state index is 13.0. The molecule has 1 unspecified atom stereocenters. The Bertz CT molecular complexity index is 1430. The van der Waals surface area contributed by atoms with E-state index in [0.29, 0.717) is 19.3 Å². The molecule has 6 nitrogen and oxygen atoms in total. The second-order valence-electron chi connectivity index (χ2n) is 25.2. The third-order valence-corrected chi connectivity index (χ3v) is 16.8. The van der Waals surface area contributed by atoms with Gasteiger partial charge in [0.1, 0.15) is 13.2 Å². The normalized spacial score (nSPS) is 12.3. The molecule has 0 aliphatic carbocycles. The fraction of sp³-hybridized carbons (Fsp3) is 0.857. The number of carbonyl (C=O) groups excluding carboxylic acids is 3. The third kappa shape index (κ3) is 70.0. The van der Waals surface area contributed by atoms with Crippen LogP contribution in [0, 0.1) is 0 Å². The van der Waals surface area contributed by atoms with Crippen LogP contribution in [0.5, 0.6) is 0 Å². The first-order valence-electron chi connectivity index (χ1n) is 37.1. The quantitative estimate of drug-likeness (QED) is 0.0261. The van der Waals surface area contributed by atoms with E-state index in [0.717, 1.165) is 83.5 Å². The van der Waals surface area contributed by atoms with Crippen LogP contribution in [0.15, 0.2) is 48.6 Å². The minimum absolute atomic E-state index is 0.0740. The van der Waals surface area contributed by atoms with Crippen molar-refractivity contribution in [2.24, 2.45) is 0 Å². The van der Waals surface area contributed by atoms with Gasteiger partial charge in [0, 0.05) is 19.3 Å². The summed E-state index contributed by atoms with van der Waals surface area (Å²) in [6.07, 6.45) is 91.5. The van der Waals surface area contributed by atoms with E-state index in [9.17, 15) is 14.4 Å². The van der Waals surface area contributed by atoms with Crippen LogP contribution in [0.2, 0.25) is 0 Å². The predicted molar refractivity (Wildman–Crippen MR) is 362 cm³/mol. The van der Waals surface area contributed by atoms with E-state index in [1.165, 1.54) is 283 Å². The van der Waals surface area contributed by atoms with E-state index < -0.39 is 6.10 Å². The molecule has 83 heavy (non-hydrogen) atoms. The number of ether oxygens (including phenoxy) is 3. The predicted octanol–water partition coefficient (Wildman–Crippen LogP) is 25.7. The Labute approximate surface area is 518 Å². The van der Waals surface area contributed by atoms with Crippen LogP contribution in [0.3, 0.4) is 0 Å². The first-order chi connectivity index (χ1) is 41.0. The van der Waals surface area contributed by atoms with Crippen LogP contribution >= 0.6 is 0 Å². The SMILES string of the molecule is CCCCCC/C=C\C/C=C\CCCCCCCC(=O)OCC(COC(=O)CCCCCCCCCCCCCCCCCCCCCCCCCCCC)OC(=O)CCCCCCCCCCCCC/C=C\C/C=C\CCCCCCC. The molecule has 0 radical (unpaired) electrons. The number of hydrogen-bond acceptors (Lipinski definition) is 6. The maximum Gasteiger partial charge on any atom is 0.306 e. The van der Waals surface area contributed by atoms with Crippen molar-refractivity contribution in [3.63, 3.8) is 0 Å². The van der Waals surface area contributed by atoms with Crippen molar-refractivity contribution in [1.82, 2.24) is 0 Å². The van der Waals surface area contributed by atoms with Gasteiger partial charge in [0.15, 0.2) is 6.10 Å². The van der Waals surface area contributed by atoms with Gasteiger partial charge in [-0.15, -0.1) is 0 Å². The molecule has 0 saturated heterocycles. The van der Waals surface area contributed by atoms with Crippen LogP contribution in [0.25, 0.3) is 0 Å². The van der Waals surface area contributed by atoms with E-state index in [-0.39, 0.29) is 31.1 Å². The minimum Gasteiger partial charge on any atom is -0.462 e. The first kappa shape index (κ1) is 80.4. The number of allylic oxidation sites excluding steroid dienone is 8. The largest absolute Gasteiger partial charge is 0.462 e. The van der Waals surface area contributed by atoms with Crippen molar-refractivity contribution in [1.29, 1.82) is 0 Å². The summed E-state index contributed by atoms with van der Waals surface area (Å²) in [4.78, 5) is 38.5. The second-order valence-corrected chi connectivity index (χ2v) is 25.2. The molecule has 0 amide bonds. The summed E-state index contributed by atoms with van der Waals surface area (Å²) >= 11 is 0. The topological polar surface area (TPSA) is 78.9 Å². The van der Waals surface area contributed by atoms with Crippen molar-refractivity contribution < 1.29 is 28.6 Å². The van der Waals surface area contributed by atoms with E-state index in [4.69, 9.17) is 14.2 Å². The minimum atomic E-state index is -0.780. The molecule has 0 bridgehead atoms. The highest BCUT2D eigenvalue weighted by molar-refractivity contribution is 5.71. The molecule has 0 spiro atoms. The van der Waals surface area contributed by atoms with Gasteiger partial charge in [0.2, 0.25) is 0 Å². The third-order valence-electron chi connectivity index (χ3n) is 16.8. The second kappa shape index (κ2) is 71.8. The molecule has 0 saturated carbocycles. The van der Waals surface area contributed by atoms with Gasteiger partial charge in [-0.2, -0.15) is 0 Å². The molecule has 0 aromatic rings. The molecule has 0 fully saturated rings. The van der Waals surface area contributed by atoms with Crippen LogP contribution in [0.4, 0.5) is 0 Å². The lowest BCUT2D eigenvalue weighted by atomic mass is 10.0. The van der Waals surface area contributed by atoms with Crippen molar-refractivity contribution in [2.45, 2.75) is 412 Å². The number of carbonyl (C=O) groups is 3. The van der Waals surface area contributed by atoms with Crippen molar-refractivity contribution in [2.75, 3.05) is 13.2 Å². The fourth-order valence-corrected chi connectivity index (χ4v) is 11.2. The summed E-state index contributed by atoms with van der Waals surface area (Å²) in [5.41, 5.74) is 0. The maximum absolute atomic E-state index is 13.0. The molecule has 1 atom stereocenters. The number of rotatable bonds is 69. The van der Waals surface area contributed by atoms with Crippen molar-refractivity contribution in [3.8, 4) is 0 Å². The average Bonchev–Trinajstić information content (AvgIpc) is 3.49. The summed E-state index contributed by atoms with van der Waals surface area (Å²) in [5.74, 6) is -0.862. The molecule has 0 aromatic heterocycles. The molecular weight excluding hydrogens is 1020 g/mol. The number of hydrogen-bond donors (Lipinski definition) is 0. The molecule has 0 aliphatic heterocycles. The standard InChI is InChI=1S/C77H142O6/c1-4-7-10-13-16-19-22-25-28-31-33-35-37-38-39-41-42-44-46-49-52-55-58-61-64-67-70-76(79)82-73-74(72-81-75(78)69-66-63-60-57-54-51-48-30-27-24-21-18-15-12-9-6-3)83-77(80)71-68-65-62-59-56-53-50-47-45-43-40-36-34-32-29-26-23-20-17-14-11-8-5-2/h21,23-24,26,30,32,34,48,74H,4-20,22,25,27-29,31,33,35-47,49-73H2,1-3H3/b24-21-,26-23-,34-32-,48-30-. The lowest BCUT2D eigenvalue weighted by Gasteiger charge is -2.18. The Morgan fingerprint density at radius 1 is 0.241 bits per heavy atom. The van der Waals surface area contributed by atoms with Gasteiger partial charge in [-0.05, 0) is 83.5 Å². The average molecular weight is 1160 g/mol. The number of esters is 3. The zero-order chi connectivity index (χ0) is 59.9. The van der Waals surface area contributed by atoms with Crippen LogP contribution in [-0.2, 0) is 28.6 Å². The first-order valence-corrected chi connectivity index (χ1v) is 37.1. The molecule has 6 heteroatoms. The van der Waals surface area contributed by atoms with Gasteiger partial charge in [0.05, 0.1) is 0 Å².